The number of hydrogen-bond donors (Lipinski definition) is 0. The average Bonchev–Trinajstić information content (AvgIpc) is 2.38. The molecule has 0 bridgehead atoms. The maximum atomic E-state index is 13.5. The van der Waals surface area contributed by atoms with Crippen LogP contribution in [0.25, 0.3) is 0 Å². The van der Waals surface area contributed by atoms with E-state index in [-0.39, 0.29) is 17.5 Å². The van der Waals surface area contributed by atoms with Crippen molar-refractivity contribution >= 4 is 11.6 Å². The third-order valence-corrected chi connectivity index (χ3v) is 3.12. The molecule has 0 aliphatic carbocycles. The zero-order chi connectivity index (χ0) is 14.0. The van der Waals surface area contributed by atoms with Crippen LogP contribution in [0.1, 0.15) is 16.5 Å². The Bertz CT molecular complexity index is 598. The van der Waals surface area contributed by atoms with Crippen LogP contribution in [-0.4, -0.2) is 0 Å². The Hall–Kier alpha value is -1.55. The van der Waals surface area contributed by atoms with E-state index in [1.54, 1.807) is 0 Å². The molecule has 0 amide bonds. The lowest BCUT2D eigenvalue weighted by molar-refractivity contribution is 0.497. The van der Waals surface area contributed by atoms with Crippen molar-refractivity contribution in [3.8, 4) is 0 Å². The third kappa shape index (κ3) is 3.07. The van der Waals surface area contributed by atoms with Crippen molar-refractivity contribution in [3.05, 3.63) is 70.8 Å². The summed E-state index contributed by atoms with van der Waals surface area (Å²) in [7, 11) is 0. The normalized spacial score (nSPS) is 12.5. The van der Waals surface area contributed by atoms with Gasteiger partial charge in [-0.3, -0.25) is 0 Å². The van der Waals surface area contributed by atoms with E-state index < -0.39 is 28.6 Å². The predicted octanol–water partition coefficient (Wildman–Crippen LogP) is 4.77. The van der Waals surface area contributed by atoms with E-state index in [0.29, 0.717) is 0 Å². The fourth-order valence-electron chi connectivity index (χ4n) is 1.76. The monoisotopic (exact) mass is 288 g/mol. The quantitative estimate of drug-likeness (QED) is 0.564. The van der Waals surface area contributed by atoms with Crippen molar-refractivity contribution in [2.75, 3.05) is 0 Å². The Morgan fingerprint density at radius 1 is 0.947 bits per heavy atom. The minimum absolute atomic E-state index is 0.0173. The van der Waals surface area contributed by atoms with Gasteiger partial charge in [0.1, 0.15) is 11.6 Å². The lowest BCUT2D eigenvalue weighted by Gasteiger charge is -2.12. The summed E-state index contributed by atoms with van der Waals surface area (Å²) in [5.74, 6) is -3.34. The molecule has 0 saturated carbocycles. The summed E-state index contributed by atoms with van der Waals surface area (Å²) in [4.78, 5) is 0. The van der Waals surface area contributed by atoms with Crippen molar-refractivity contribution in [1.29, 1.82) is 0 Å². The summed E-state index contributed by atoms with van der Waals surface area (Å²) in [5.41, 5.74) is -0.0611. The van der Waals surface area contributed by atoms with E-state index in [4.69, 9.17) is 11.6 Å². The second-order valence-corrected chi connectivity index (χ2v) is 4.58. The van der Waals surface area contributed by atoms with Crippen LogP contribution in [0.15, 0.2) is 36.4 Å². The van der Waals surface area contributed by atoms with Crippen molar-refractivity contribution in [3.63, 3.8) is 0 Å². The number of rotatable bonds is 3. The fourth-order valence-corrected chi connectivity index (χ4v) is 2.10. The van der Waals surface area contributed by atoms with Gasteiger partial charge in [0, 0.05) is 5.56 Å². The van der Waals surface area contributed by atoms with E-state index in [2.05, 4.69) is 0 Å². The molecule has 0 N–H and O–H groups in total. The maximum Gasteiger partial charge on any atom is 0.162 e. The highest BCUT2D eigenvalue weighted by atomic mass is 35.5. The topological polar surface area (TPSA) is 0 Å². The largest absolute Gasteiger partial charge is 0.207 e. The molecular weight excluding hydrogens is 280 g/mol. The standard InChI is InChI=1S/C14H9ClF4/c15-11(10-7-9(16)4-5-12(10)17)6-8-2-1-3-13(18)14(8)19/h1-5,7,11H,6H2. The zero-order valence-corrected chi connectivity index (χ0v) is 10.4. The van der Waals surface area contributed by atoms with Gasteiger partial charge in [-0.05, 0) is 36.2 Å². The van der Waals surface area contributed by atoms with Gasteiger partial charge in [-0.25, -0.2) is 17.6 Å². The Morgan fingerprint density at radius 2 is 1.68 bits per heavy atom. The summed E-state index contributed by atoms with van der Waals surface area (Å²) in [6, 6.07) is 6.52. The van der Waals surface area contributed by atoms with E-state index in [1.165, 1.54) is 12.1 Å². The summed E-state index contributed by atoms with van der Waals surface area (Å²) in [5, 5.41) is -0.980. The van der Waals surface area contributed by atoms with Gasteiger partial charge < -0.3 is 0 Å². The van der Waals surface area contributed by atoms with Crippen LogP contribution in [0, 0.1) is 23.3 Å². The number of alkyl halides is 1. The fraction of sp³-hybridized carbons (Fsp3) is 0.143. The summed E-state index contributed by atoms with van der Waals surface area (Å²) in [6.45, 7) is 0. The van der Waals surface area contributed by atoms with Gasteiger partial charge in [-0.1, -0.05) is 12.1 Å². The van der Waals surface area contributed by atoms with Crippen LogP contribution >= 0.6 is 11.6 Å². The molecule has 100 valence electrons. The molecule has 2 aromatic carbocycles. The molecule has 0 nitrogen and oxygen atoms in total. The van der Waals surface area contributed by atoms with E-state index in [0.717, 1.165) is 24.3 Å². The highest BCUT2D eigenvalue weighted by Gasteiger charge is 2.17. The first-order chi connectivity index (χ1) is 8.99. The number of hydrogen-bond acceptors (Lipinski definition) is 0. The maximum absolute atomic E-state index is 13.5. The van der Waals surface area contributed by atoms with Crippen molar-refractivity contribution in [2.45, 2.75) is 11.8 Å². The van der Waals surface area contributed by atoms with E-state index >= 15 is 0 Å². The lowest BCUT2D eigenvalue weighted by atomic mass is 10.0. The minimum Gasteiger partial charge on any atom is -0.207 e. The molecule has 5 heteroatoms. The van der Waals surface area contributed by atoms with Crippen LogP contribution in [-0.2, 0) is 6.42 Å². The Kier molecular flexibility index (Phi) is 4.10. The van der Waals surface area contributed by atoms with E-state index in [9.17, 15) is 17.6 Å². The Balaban J connectivity index is 2.28. The average molecular weight is 289 g/mol. The van der Waals surface area contributed by atoms with Crippen LogP contribution in [0.4, 0.5) is 17.6 Å². The molecule has 0 aliphatic heterocycles. The highest BCUT2D eigenvalue weighted by molar-refractivity contribution is 6.20. The molecule has 1 unspecified atom stereocenters. The molecule has 0 aromatic heterocycles. The first-order valence-electron chi connectivity index (χ1n) is 5.51. The summed E-state index contributed by atoms with van der Waals surface area (Å²) >= 11 is 5.95. The van der Waals surface area contributed by atoms with Gasteiger partial charge in [0.25, 0.3) is 0 Å². The lowest BCUT2D eigenvalue weighted by Crippen LogP contribution is -2.03. The molecular formula is C14H9ClF4. The van der Waals surface area contributed by atoms with Crippen LogP contribution < -0.4 is 0 Å². The van der Waals surface area contributed by atoms with Crippen LogP contribution in [0.2, 0.25) is 0 Å². The van der Waals surface area contributed by atoms with Crippen LogP contribution in [0.5, 0.6) is 0 Å². The number of benzene rings is 2. The highest BCUT2D eigenvalue weighted by Crippen LogP contribution is 2.29. The van der Waals surface area contributed by atoms with Crippen molar-refractivity contribution < 1.29 is 17.6 Å². The van der Waals surface area contributed by atoms with Crippen LogP contribution in [0.3, 0.4) is 0 Å². The molecule has 0 radical (unpaired) electrons. The molecule has 1 atom stereocenters. The van der Waals surface area contributed by atoms with Gasteiger partial charge in [-0.2, -0.15) is 0 Å². The minimum atomic E-state index is -1.02. The summed E-state index contributed by atoms with van der Waals surface area (Å²) in [6.07, 6.45) is -0.133. The molecule has 0 fully saturated rings. The van der Waals surface area contributed by atoms with Gasteiger partial charge in [0.2, 0.25) is 0 Å². The first-order valence-corrected chi connectivity index (χ1v) is 5.94. The first kappa shape index (κ1) is 13.9. The molecule has 0 spiro atoms. The predicted molar refractivity (Wildman–Crippen MR) is 65.0 cm³/mol. The van der Waals surface area contributed by atoms with Gasteiger partial charge >= 0.3 is 0 Å². The molecule has 0 heterocycles. The molecule has 0 aliphatic rings. The van der Waals surface area contributed by atoms with E-state index in [1.807, 2.05) is 0 Å². The number of halogens is 5. The second-order valence-electron chi connectivity index (χ2n) is 4.05. The smallest absolute Gasteiger partial charge is 0.162 e. The second kappa shape index (κ2) is 5.61. The van der Waals surface area contributed by atoms with Gasteiger partial charge in [0.05, 0.1) is 5.38 Å². The molecule has 2 rings (SSSR count). The van der Waals surface area contributed by atoms with Gasteiger partial charge in [-0.15, -0.1) is 11.6 Å². The molecule has 2 aromatic rings. The van der Waals surface area contributed by atoms with Crippen molar-refractivity contribution in [2.24, 2.45) is 0 Å². The van der Waals surface area contributed by atoms with Crippen molar-refractivity contribution in [1.82, 2.24) is 0 Å². The Morgan fingerprint density at radius 3 is 2.42 bits per heavy atom. The zero-order valence-electron chi connectivity index (χ0n) is 9.64. The van der Waals surface area contributed by atoms with Gasteiger partial charge in [0.15, 0.2) is 11.6 Å². The molecule has 19 heavy (non-hydrogen) atoms. The SMILES string of the molecule is Fc1ccc(F)c(C(Cl)Cc2cccc(F)c2F)c1. The third-order valence-electron chi connectivity index (χ3n) is 2.73. The molecule has 0 saturated heterocycles. The summed E-state index contributed by atoms with van der Waals surface area (Å²) < 4.78 is 53.0. The Labute approximate surface area is 112 Å².